The van der Waals surface area contributed by atoms with Crippen LogP contribution in [0, 0.1) is 0 Å². The summed E-state index contributed by atoms with van der Waals surface area (Å²) < 4.78 is 0. The minimum Gasteiger partial charge on any atom is -0.353 e. The molecule has 0 bridgehead atoms. The van der Waals surface area contributed by atoms with E-state index in [1.54, 1.807) is 0 Å². The van der Waals surface area contributed by atoms with E-state index in [2.05, 4.69) is 77.3 Å². The second-order valence-electron chi connectivity index (χ2n) is 6.18. The molecule has 0 aliphatic heterocycles. The Balaban J connectivity index is 2.09. The molecule has 0 radical (unpaired) electrons. The fourth-order valence-corrected chi connectivity index (χ4v) is 2.29. The molecular weight excluding hydrogens is 286 g/mol. The lowest BCUT2D eigenvalue weighted by atomic mass is 10.2. The highest BCUT2D eigenvalue weighted by molar-refractivity contribution is 5.44. The van der Waals surface area contributed by atoms with Crippen molar-refractivity contribution in [2.24, 2.45) is 0 Å². The van der Waals surface area contributed by atoms with Crippen LogP contribution >= 0.6 is 0 Å². The van der Waals surface area contributed by atoms with E-state index in [4.69, 9.17) is 0 Å². The molecule has 0 amide bonds. The molecule has 1 aromatic heterocycles. The summed E-state index contributed by atoms with van der Waals surface area (Å²) in [4.78, 5) is 13.4. The molecule has 0 unspecified atom stereocenters. The first kappa shape index (κ1) is 17.2. The van der Waals surface area contributed by atoms with E-state index in [1.165, 1.54) is 5.56 Å². The van der Waals surface area contributed by atoms with Crippen LogP contribution in [-0.2, 0) is 6.54 Å². The zero-order valence-corrected chi connectivity index (χ0v) is 14.5. The van der Waals surface area contributed by atoms with E-state index >= 15 is 0 Å². The molecule has 2 rings (SSSR count). The van der Waals surface area contributed by atoms with Crippen LogP contribution in [0.25, 0.3) is 0 Å². The highest BCUT2D eigenvalue weighted by Gasteiger charge is 2.13. The van der Waals surface area contributed by atoms with Crippen LogP contribution in [0.15, 0.2) is 42.6 Å². The van der Waals surface area contributed by atoms with Gasteiger partial charge in [0.2, 0.25) is 5.95 Å². The van der Waals surface area contributed by atoms with Crippen LogP contribution in [0.3, 0.4) is 0 Å². The van der Waals surface area contributed by atoms with Gasteiger partial charge in [-0.25, -0.2) is 4.98 Å². The van der Waals surface area contributed by atoms with Gasteiger partial charge < -0.3 is 15.1 Å². The quantitative estimate of drug-likeness (QED) is 0.812. The first-order valence-corrected chi connectivity index (χ1v) is 8.08. The van der Waals surface area contributed by atoms with E-state index in [0.717, 1.165) is 25.5 Å². The largest absolute Gasteiger partial charge is 0.353 e. The monoisotopic (exact) mass is 313 g/mol. The summed E-state index contributed by atoms with van der Waals surface area (Å²) in [6.45, 7) is 6.99. The Bertz CT molecular complexity index is 583. The third-order valence-corrected chi connectivity index (χ3v) is 3.60. The van der Waals surface area contributed by atoms with E-state index in [1.807, 2.05) is 18.3 Å². The highest BCUT2D eigenvalue weighted by atomic mass is 15.2. The summed E-state index contributed by atoms with van der Waals surface area (Å²) >= 11 is 0. The molecule has 0 saturated heterocycles. The number of benzene rings is 1. The van der Waals surface area contributed by atoms with Crippen molar-refractivity contribution < 1.29 is 0 Å². The van der Waals surface area contributed by atoms with Crippen molar-refractivity contribution in [3.63, 3.8) is 0 Å². The summed E-state index contributed by atoms with van der Waals surface area (Å²) in [5, 5.41) is 3.28. The van der Waals surface area contributed by atoms with Gasteiger partial charge in [0.15, 0.2) is 0 Å². The molecule has 23 heavy (non-hydrogen) atoms. The van der Waals surface area contributed by atoms with Crippen molar-refractivity contribution in [2.45, 2.75) is 26.4 Å². The van der Waals surface area contributed by atoms with Gasteiger partial charge in [-0.3, -0.25) is 0 Å². The van der Waals surface area contributed by atoms with Crippen molar-refractivity contribution in [1.29, 1.82) is 0 Å². The topological polar surface area (TPSA) is 44.3 Å². The smallest absolute Gasteiger partial charge is 0.224 e. The Labute approximate surface area is 139 Å². The van der Waals surface area contributed by atoms with E-state index < -0.39 is 0 Å². The maximum Gasteiger partial charge on any atom is 0.224 e. The van der Waals surface area contributed by atoms with Gasteiger partial charge in [0.05, 0.1) is 0 Å². The molecule has 1 aromatic carbocycles. The van der Waals surface area contributed by atoms with Gasteiger partial charge in [0.25, 0.3) is 0 Å². The maximum atomic E-state index is 4.67. The number of rotatable bonds is 8. The van der Waals surface area contributed by atoms with E-state index in [0.29, 0.717) is 12.0 Å². The molecule has 0 aliphatic rings. The third kappa shape index (κ3) is 5.53. The second kappa shape index (κ2) is 8.48. The fraction of sp³-hybridized carbons (Fsp3) is 0.444. The van der Waals surface area contributed by atoms with E-state index in [9.17, 15) is 0 Å². The van der Waals surface area contributed by atoms with Gasteiger partial charge in [-0.15, -0.1) is 0 Å². The molecule has 0 spiro atoms. The molecule has 124 valence electrons. The van der Waals surface area contributed by atoms with Crippen LogP contribution in [-0.4, -0.2) is 48.1 Å². The standard InChI is InChI=1S/C18H27N5/c1-15(2)23(14-16-8-6-5-7-9-16)17-10-11-19-18(21-17)20-12-13-22(3)4/h5-11,15H,12-14H2,1-4H3,(H,19,20,21). The van der Waals surface area contributed by atoms with Crippen LogP contribution in [0.5, 0.6) is 0 Å². The molecular formula is C18H27N5. The SMILES string of the molecule is CC(C)N(Cc1ccccc1)c1ccnc(NCCN(C)C)n1. The average molecular weight is 313 g/mol. The number of anilines is 2. The van der Waals surface area contributed by atoms with Gasteiger partial charge in [-0.05, 0) is 39.6 Å². The minimum absolute atomic E-state index is 0.361. The Morgan fingerprint density at radius 1 is 1.09 bits per heavy atom. The first-order valence-electron chi connectivity index (χ1n) is 8.08. The van der Waals surface area contributed by atoms with E-state index in [-0.39, 0.29) is 0 Å². The van der Waals surface area contributed by atoms with Gasteiger partial charge in [0.1, 0.15) is 5.82 Å². The molecule has 0 saturated carbocycles. The summed E-state index contributed by atoms with van der Waals surface area (Å²) in [5.74, 6) is 1.63. The molecule has 0 fully saturated rings. The molecule has 5 heteroatoms. The van der Waals surface area contributed by atoms with Gasteiger partial charge >= 0.3 is 0 Å². The van der Waals surface area contributed by atoms with Gasteiger partial charge in [-0.2, -0.15) is 4.98 Å². The summed E-state index contributed by atoms with van der Waals surface area (Å²) in [6.07, 6.45) is 1.82. The normalized spacial score (nSPS) is 11.0. The lowest BCUT2D eigenvalue weighted by Crippen LogP contribution is -2.31. The lowest BCUT2D eigenvalue weighted by Gasteiger charge is -2.28. The van der Waals surface area contributed by atoms with Crippen LogP contribution in [0.4, 0.5) is 11.8 Å². The van der Waals surface area contributed by atoms with Gasteiger partial charge in [-0.1, -0.05) is 30.3 Å². The summed E-state index contributed by atoms with van der Waals surface area (Å²) in [7, 11) is 4.11. The number of nitrogens with one attached hydrogen (secondary N) is 1. The average Bonchev–Trinajstić information content (AvgIpc) is 2.53. The lowest BCUT2D eigenvalue weighted by molar-refractivity contribution is 0.425. The van der Waals surface area contributed by atoms with Crippen molar-refractivity contribution in [1.82, 2.24) is 14.9 Å². The maximum absolute atomic E-state index is 4.67. The zero-order valence-electron chi connectivity index (χ0n) is 14.5. The minimum atomic E-state index is 0.361. The fourth-order valence-electron chi connectivity index (χ4n) is 2.29. The molecule has 0 atom stereocenters. The number of likely N-dealkylation sites (N-methyl/N-ethyl adjacent to an activating group) is 1. The molecule has 1 heterocycles. The van der Waals surface area contributed by atoms with Crippen molar-refractivity contribution in [2.75, 3.05) is 37.4 Å². The Hall–Kier alpha value is -2.14. The second-order valence-corrected chi connectivity index (χ2v) is 6.18. The number of hydrogen-bond acceptors (Lipinski definition) is 5. The number of aromatic nitrogens is 2. The molecule has 0 aliphatic carbocycles. The Morgan fingerprint density at radius 3 is 2.48 bits per heavy atom. The summed E-state index contributed by atoms with van der Waals surface area (Å²) in [5.41, 5.74) is 1.28. The predicted octanol–water partition coefficient (Wildman–Crippen LogP) is 2.87. The predicted molar refractivity (Wildman–Crippen MR) is 96.8 cm³/mol. The van der Waals surface area contributed by atoms with Crippen molar-refractivity contribution >= 4 is 11.8 Å². The molecule has 5 nitrogen and oxygen atoms in total. The Morgan fingerprint density at radius 2 is 1.83 bits per heavy atom. The number of hydrogen-bond donors (Lipinski definition) is 1. The number of nitrogens with zero attached hydrogens (tertiary/aromatic N) is 4. The van der Waals surface area contributed by atoms with Crippen LogP contribution < -0.4 is 10.2 Å². The first-order chi connectivity index (χ1) is 11.1. The van der Waals surface area contributed by atoms with Gasteiger partial charge in [0, 0.05) is 31.9 Å². The van der Waals surface area contributed by atoms with Crippen molar-refractivity contribution in [3.8, 4) is 0 Å². The summed E-state index contributed by atoms with van der Waals surface area (Å²) in [6, 6.07) is 12.8. The zero-order chi connectivity index (χ0) is 16.7. The highest BCUT2D eigenvalue weighted by Crippen LogP contribution is 2.18. The van der Waals surface area contributed by atoms with Crippen molar-refractivity contribution in [3.05, 3.63) is 48.2 Å². The molecule has 2 aromatic rings. The van der Waals surface area contributed by atoms with Crippen LogP contribution in [0.1, 0.15) is 19.4 Å². The Kier molecular flexibility index (Phi) is 6.35. The van der Waals surface area contributed by atoms with Crippen LogP contribution in [0.2, 0.25) is 0 Å². The third-order valence-electron chi connectivity index (χ3n) is 3.60. The molecule has 1 N–H and O–H groups in total.